The first-order valence-electron chi connectivity index (χ1n) is 4.95. The molecule has 0 bridgehead atoms. The molecular formula is C11H14ClNO2. The highest BCUT2D eigenvalue weighted by atomic mass is 35.5. The molecule has 0 saturated carbocycles. The Kier molecular flexibility index (Phi) is 2.91. The van der Waals surface area contributed by atoms with Crippen LogP contribution in [0.5, 0.6) is 11.5 Å². The Morgan fingerprint density at radius 1 is 1.27 bits per heavy atom. The van der Waals surface area contributed by atoms with Crippen molar-refractivity contribution in [1.82, 2.24) is 0 Å². The molecule has 1 aromatic carbocycles. The lowest BCUT2D eigenvalue weighted by Crippen LogP contribution is -2.13. The molecule has 1 heterocycles. The predicted octanol–water partition coefficient (Wildman–Crippen LogP) is 2.72. The number of anilines is 1. The number of ether oxygens (including phenoxy) is 2. The van der Waals surface area contributed by atoms with Gasteiger partial charge in [0.2, 0.25) is 0 Å². The first-order valence-corrected chi connectivity index (χ1v) is 5.33. The summed E-state index contributed by atoms with van der Waals surface area (Å²) >= 11 is 6.24. The largest absolute Gasteiger partial charge is 0.495 e. The fourth-order valence-corrected chi connectivity index (χ4v) is 2.20. The summed E-state index contributed by atoms with van der Waals surface area (Å²) < 4.78 is 10.5. The van der Waals surface area contributed by atoms with Gasteiger partial charge in [0.1, 0.15) is 11.5 Å². The molecule has 0 aliphatic carbocycles. The number of rotatable bonds is 2. The summed E-state index contributed by atoms with van der Waals surface area (Å²) in [6.07, 6.45) is 2.05. The van der Waals surface area contributed by atoms with Crippen molar-refractivity contribution >= 4 is 17.3 Å². The average molecular weight is 228 g/mol. The van der Waals surface area contributed by atoms with Gasteiger partial charge in [0.15, 0.2) is 0 Å². The lowest BCUT2D eigenvalue weighted by molar-refractivity contribution is 0.394. The Morgan fingerprint density at radius 3 is 2.67 bits per heavy atom. The van der Waals surface area contributed by atoms with Gasteiger partial charge < -0.3 is 14.8 Å². The van der Waals surface area contributed by atoms with E-state index in [1.165, 1.54) is 0 Å². The molecule has 2 rings (SSSR count). The van der Waals surface area contributed by atoms with Crippen molar-refractivity contribution in [3.63, 3.8) is 0 Å². The van der Waals surface area contributed by atoms with Crippen LogP contribution in [0.4, 0.5) is 5.69 Å². The average Bonchev–Trinajstić information content (AvgIpc) is 2.30. The maximum Gasteiger partial charge on any atom is 0.146 e. The second-order valence-electron chi connectivity index (χ2n) is 3.48. The number of fused-ring (bicyclic) bond motifs is 1. The van der Waals surface area contributed by atoms with Gasteiger partial charge in [-0.1, -0.05) is 11.6 Å². The van der Waals surface area contributed by atoms with Gasteiger partial charge in [-0.05, 0) is 12.8 Å². The van der Waals surface area contributed by atoms with Crippen LogP contribution in [0.25, 0.3) is 0 Å². The van der Waals surface area contributed by atoms with Crippen molar-refractivity contribution in [2.45, 2.75) is 12.8 Å². The molecule has 1 aliphatic heterocycles. The minimum atomic E-state index is 0.677. The summed E-state index contributed by atoms with van der Waals surface area (Å²) in [6.45, 7) is 0.964. The van der Waals surface area contributed by atoms with E-state index >= 15 is 0 Å². The van der Waals surface area contributed by atoms with Gasteiger partial charge in [-0.2, -0.15) is 0 Å². The van der Waals surface area contributed by atoms with Gasteiger partial charge in [-0.15, -0.1) is 0 Å². The summed E-state index contributed by atoms with van der Waals surface area (Å²) in [6, 6.07) is 1.82. The molecule has 0 fully saturated rings. The highest BCUT2D eigenvalue weighted by Gasteiger charge is 2.20. The predicted molar refractivity (Wildman–Crippen MR) is 61.4 cm³/mol. The van der Waals surface area contributed by atoms with Crippen molar-refractivity contribution < 1.29 is 9.47 Å². The molecule has 3 nitrogen and oxygen atoms in total. The summed E-state index contributed by atoms with van der Waals surface area (Å²) in [5, 5.41) is 4.00. The zero-order valence-corrected chi connectivity index (χ0v) is 9.65. The molecule has 15 heavy (non-hydrogen) atoms. The van der Waals surface area contributed by atoms with Gasteiger partial charge in [0, 0.05) is 18.2 Å². The van der Waals surface area contributed by atoms with Crippen molar-refractivity contribution in [1.29, 1.82) is 0 Å². The Labute approximate surface area is 94.3 Å². The van der Waals surface area contributed by atoms with Gasteiger partial charge >= 0.3 is 0 Å². The normalized spacial score (nSPS) is 14.1. The third-order valence-electron chi connectivity index (χ3n) is 2.64. The van der Waals surface area contributed by atoms with Gasteiger partial charge in [0.05, 0.1) is 24.9 Å². The van der Waals surface area contributed by atoms with Crippen LogP contribution in [0.3, 0.4) is 0 Å². The van der Waals surface area contributed by atoms with E-state index in [1.54, 1.807) is 14.2 Å². The van der Waals surface area contributed by atoms with Gasteiger partial charge in [-0.25, -0.2) is 0 Å². The molecule has 0 radical (unpaired) electrons. The van der Waals surface area contributed by atoms with Crippen molar-refractivity contribution in [2.24, 2.45) is 0 Å². The van der Waals surface area contributed by atoms with E-state index in [-0.39, 0.29) is 0 Å². The molecule has 82 valence electrons. The number of benzene rings is 1. The van der Waals surface area contributed by atoms with E-state index in [0.717, 1.165) is 36.4 Å². The van der Waals surface area contributed by atoms with Crippen LogP contribution in [0.15, 0.2) is 6.07 Å². The number of hydrogen-bond acceptors (Lipinski definition) is 3. The van der Waals surface area contributed by atoms with Crippen molar-refractivity contribution in [3.8, 4) is 11.5 Å². The topological polar surface area (TPSA) is 30.5 Å². The molecule has 1 aromatic rings. The minimum Gasteiger partial charge on any atom is -0.495 e. The first-order chi connectivity index (χ1) is 7.27. The van der Waals surface area contributed by atoms with E-state index in [0.29, 0.717) is 10.8 Å². The Hall–Kier alpha value is -1.09. The number of methoxy groups -OCH3 is 2. The quantitative estimate of drug-likeness (QED) is 0.843. The van der Waals surface area contributed by atoms with Crippen LogP contribution >= 0.6 is 11.6 Å². The van der Waals surface area contributed by atoms with Crippen LogP contribution in [0.2, 0.25) is 5.02 Å². The molecule has 0 saturated heterocycles. The monoisotopic (exact) mass is 227 g/mol. The lowest BCUT2D eigenvalue weighted by atomic mass is 10.0. The van der Waals surface area contributed by atoms with Crippen LogP contribution < -0.4 is 14.8 Å². The lowest BCUT2D eigenvalue weighted by Gasteiger charge is -2.23. The summed E-state index contributed by atoms with van der Waals surface area (Å²) in [7, 11) is 3.27. The molecule has 1 N–H and O–H groups in total. The molecule has 0 unspecified atom stereocenters. The maximum atomic E-state index is 6.24. The molecule has 0 amide bonds. The molecule has 4 heteroatoms. The molecular weight excluding hydrogens is 214 g/mol. The Balaban J connectivity index is 2.58. The first kappa shape index (κ1) is 10.4. The highest BCUT2D eigenvalue weighted by Crippen LogP contribution is 2.42. The van der Waals surface area contributed by atoms with Crippen LogP contribution in [0.1, 0.15) is 12.0 Å². The summed E-state index contributed by atoms with van der Waals surface area (Å²) in [4.78, 5) is 0. The molecule has 0 aromatic heterocycles. The molecule has 0 spiro atoms. The second kappa shape index (κ2) is 4.19. The Morgan fingerprint density at radius 2 is 2.00 bits per heavy atom. The number of hydrogen-bond donors (Lipinski definition) is 1. The number of nitrogens with one attached hydrogen (secondary N) is 1. The SMILES string of the molecule is COc1cc(OC)c2c(c1Cl)CCCN2. The standard InChI is InChI=1S/C11H14ClNO2/c1-14-8-6-9(15-2)11-7(10(8)12)4-3-5-13-11/h6,13H,3-5H2,1-2H3. The second-order valence-corrected chi connectivity index (χ2v) is 3.86. The smallest absolute Gasteiger partial charge is 0.146 e. The van der Waals surface area contributed by atoms with Crippen LogP contribution in [0, 0.1) is 0 Å². The fraction of sp³-hybridized carbons (Fsp3) is 0.455. The van der Waals surface area contributed by atoms with Crippen molar-refractivity contribution in [2.75, 3.05) is 26.1 Å². The van der Waals surface area contributed by atoms with E-state index in [9.17, 15) is 0 Å². The fourth-order valence-electron chi connectivity index (χ4n) is 1.88. The Bertz CT molecular complexity index is 379. The zero-order valence-electron chi connectivity index (χ0n) is 8.89. The van der Waals surface area contributed by atoms with Gasteiger partial charge in [0.25, 0.3) is 0 Å². The zero-order chi connectivity index (χ0) is 10.8. The summed E-state index contributed by atoms with van der Waals surface area (Å²) in [5.74, 6) is 1.47. The van der Waals surface area contributed by atoms with Gasteiger partial charge in [-0.3, -0.25) is 0 Å². The van der Waals surface area contributed by atoms with Crippen LogP contribution in [-0.2, 0) is 6.42 Å². The van der Waals surface area contributed by atoms with E-state index < -0.39 is 0 Å². The highest BCUT2D eigenvalue weighted by molar-refractivity contribution is 6.33. The molecule has 0 atom stereocenters. The third kappa shape index (κ3) is 1.72. The number of halogens is 1. The van der Waals surface area contributed by atoms with E-state index in [4.69, 9.17) is 21.1 Å². The van der Waals surface area contributed by atoms with Crippen molar-refractivity contribution in [3.05, 3.63) is 16.7 Å². The third-order valence-corrected chi connectivity index (χ3v) is 3.05. The summed E-state index contributed by atoms with van der Waals surface area (Å²) in [5.41, 5.74) is 2.11. The van der Waals surface area contributed by atoms with E-state index in [1.807, 2.05) is 6.07 Å². The van der Waals surface area contributed by atoms with E-state index in [2.05, 4.69) is 5.32 Å². The minimum absolute atomic E-state index is 0.677. The van der Waals surface area contributed by atoms with Crippen LogP contribution in [-0.4, -0.2) is 20.8 Å². The maximum absolute atomic E-state index is 6.24. The molecule has 1 aliphatic rings.